The van der Waals surface area contributed by atoms with E-state index in [4.69, 9.17) is 4.42 Å². The maximum absolute atomic E-state index is 10.5. The van der Waals surface area contributed by atoms with Gasteiger partial charge in [-0.1, -0.05) is 6.07 Å². The van der Waals surface area contributed by atoms with Crippen molar-refractivity contribution in [2.45, 2.75) is 0 Å². The van der Waals surface area contributed by atoms with Crippen molar-refractivity contribution in [3.63, 3.8) is 0 Å². The predicted molar refractivity (Wildman–Crippen MR) is 42.2 cm³/mol. The van der Waals surface area contributed by atoms with Gasteiger partial charge in [-0.25, -0.2) is 0 Å². The van der Waals surface area contributed by atoms with Crippen molar-refractivity contribution >= 4 is 16.9 Å². The summed E-state index contributed by atoms with van der Waals surface area (Å²) in [5.41, 5.74) is 0.201. The quantitative estimate of drug-likeness (QED) is 0.517. The summed E-state index contributed by atoms with van der Waals surface area (Å²) < 4.78 is 4.91. The minimum atomic E-state index is -1.36. The zero-order chi connectivity index (χ0) is 9.42. The van der Waals surface area contributed by atoms with Gasteiger partial charge in [0.15, 0.2) is 0 Å². The Morgan fingerprint density at radius 3 is 2.79 bits per heavy atom. The van der Waals surface area contributed by atoms with Crippen LogP contribution in [0, 0.1) is 0 Å². The number of benzene rings is 1. The zero-order valence-electron chi connectivity index (χ0n) is 7.48. The number of aromatic carboxylic acids is 1. The third-order valence-corrected chi connectivity index (χ3v) is 1.80. The molecule has 1 aromatic heterocycles. The Labute approximate surface area is 101 Å². The maximum Gasteiger partial charge on any atom is 1.00 e. The molecule has 2 rings (SSSR count). The number of furan rings is 1. The minimum absolute atomic E-state index is 0. The SMILES string of the molecule is O=C([O-])c1coc2cccc(O)c12.[Na+]. The summed E-state index contributed by atoms with van der Waals surface area (Å²) in [6, 6.07) is 4.53. The summed E-state index contributed by atoms with van der Waals surface area (Å²) in [6.07, 6.45) is 1.06. The predicted octanol–water partition coefficient (Wildman–Crippen LogP) is -2.49. The zero-order valence-corrected chi connectivity index (χ0v) is 9.48. The largest absolute Gasteiger partial charge is 1.00 e. The Hall–Kier alpha value is -0.970. The first-order valence-electron chi connectivity index (χ1n) is 3.60. The fraction of sp³-hybridized carbons (Fsp3) is 0. The number of phenolic OH excluding ortho intramolecular Hbond substituents is 1. The Morgan fingerprint density at radius 1 is 1.43 bits per heavy atom. The van der Waals surface area contributed by atoms with E-state index < -0.39 is 5.97 Å². The molecule has 0 fully saturated rings. The van der Waals surface area contributed by atoms with E-state index in [1.165, 1.54) is 6.07 Å². The first kappa shape index (κ1) is 11.1. The molecule has 0 unspecified atom stereocenters. The second-order valence-electron chi connectivity index (χ2n) is 2.59. The van der Waals surface area contributed by atoms with Crippen LogP contribution in [0.25, 0.3) is 11.0 Å². The van der Waals surface area contributed by atoms with Gasteiger partial charge >= 0.3 is 29.6 Å². The van der Waals surface area contributed by atoms with Crippen LogP contribution < -0.4 is 34.7 Å². The molecule has 0 aliphatic heterocycles. The van der Waals surface area contributed by atoms with E-state index in [2.05, 4.69) is 0 Å². The van der Waals surface area contributed by atoms with E-state index in [-0.39, 0.29) is 46.3 Å². The van der Waals surface area contributed by atoms with Crippen LogP contribution >= 0.6 is 0 Å². The van der Waals surface area contributed by atoms with Crippen LogP contribution in [-0.4, -0.2) is 11.1 Å². The molecule has 4 nitrogen and oxygen atoms in total. The van der Waals surface area contributed by atoms with Gasteiger partial charge in [0.2, 0.25) is 0 Å². The summed E-state index contributed by atoms with van der Waals surface area (Å²) >= 11 is 0. The van der Waals surface area contributed by atoms with Crippen molar-refractivity contribution in [2.75, 3.05) is 0 Å². The summed E-state index contributed by atoms with van der Waals surface area (Å²) in [5, 5.41) is 20.1. The number of carbonyl (C=O) groups is 1. The normalized spacial score (nSPS) is 9.71. The van der Waals surface area contributed by atoms with E-state index in [9.17, 15) is 15.0 Å². The summed E-state index contributed by atoms with van der Waals surface area (Å²) in [7, 11) is 0. The maximum atomic E-state index is 10.5. The number of hydrogen-bond acceptors (Lipinski definition) is 4. The summed E-state index contributed by atoms with van der Waals surface area (Å²) in [4.78, 5) is 10.5. The van der Waals surface area contributed by atoms with Crippen LogP contribution in [0.1, 0.15) is 10.4 Å². The molecular weight excluding hydrogens is 195 g/mol. The number of carbonyl (C=O) groups excluding carboxylic acids is 1. The van der Waals surface area contributed by atoms with E-state index in [0.29, 0.717) is 5.58 Å². The number of phenols is 1. The molecular formula is C9H5NaO4. The number of carboxylic acid groups (broad SMARTS) is 1. The number of fused-ring (bicyclic) bond motifs is 1. The monoisotopic (exact) mass is 200 g/mol. The molecule has 0 saturated carbocycles. The van der Waals surface area contributed by atoms with Crippen LogP contribution in [-0.2, 0) is 0 Å². The molecule has 0 amide bonds. The van der Waals surface area contributed by atoms with E-state index >= 15 is 0 Å². The van der Waals surface area contributed by atoms with Crippen LogP contribution in [0.15, 0.2) is 28.9 Å². The molecule has 0 spiro atoms. The molecule has 0 radical (unpaired) electrons. The number of carboxylic acids is 1. The molecule has 0 bridgehead atoms. The third-order valence-electron chi connectivity index (χ3n) is 1.80. The number of hydrogen-bond donors (Lipinski definition) is 1. The number of aromatic hydroxyl groups is 1. The molecule has 1 N–H and O–H groups in total. The van der Waals surface area contributed by atoms with Crippen molar-refractivity contribution in [1.82, 2.24) is 0 Å². The molecule has 2 aromatic rings. The molecule has 0 aliphatic rings. The summed E-state index contributed by atoms with van der Waals surface area (Å²) in [6.45, 7) is 0. The second kappa shape index (κ2) is 4.04. The average molecular weight is 200 g/mol. The minimum Gasteiger partial charge on any atom is -0.545 e. The van der Waals surface area contributed by atoms with Gasteiger partial charge in [0.1, 0.15) is 17.6 Å². The van der Waals surface area contributed by atoms with Gasteiger partial charge in [-0.3, -0.25) is 0 Å². The second-order valence-corrected chi connectivity index (χ2v) is 2.59. The molecule has 14 heavy (non-hydrogen) atoms. The Balaban J connectivity index is 0.000000980. The molecule has 1 heterocycles. The Kier molecular flexibility index (Phi) is 3.21. The van der Waals surface area contributed by atoms with Gasteiger partial charge in [-0.15, -0.1) is 0 Å². The first-order valence-corrected chi connectivity index (χ1v) is 3.60. The van der Waals surface area contributed by atoms with Crippen molar-refractivity contribution < 1.29 is 49.0 Å². The van der Waals surface area contributed by atoms with E-state index in [0.717, 1.165) is 6.26 Å². The number of rotatable bonds is 1. The van der Waals surface area contributed by atoms with Crippen LogP contribution in [0.3, 0.4) is 0 Å². The molecule has 66 valence electrons. The fourth-order valence-corrected chi connectivity index (χ4v) is 1.22. The van der Waals surface area contributed by atoms with Gasteiger partial charge in [-0.05, 0) is 12.1 Å². The van der Waals surface area contributed by atoms with Gasteiger partial charge in [0.25, 0.3) is 0 Å². The Morgan fingerprint density at radius 2 is 2.14 bits per heavy atom. The van der Waals surface area contributed by atoms with Gasteiger partial charge < -0.3 is 19.4 Å². The molecule has 5 heteroatoms. The smallest absolute Gasteiger partial charge is 0.545 e. The molecule has 1 aromatic carbocycles. The topological polar surface area (TPSA) is 73.5 Å². The van der Waals surface area contributed by atoms with Crippen LogP contribution in [0.2, 0.25) is 0 Å². The fourth-order valence-electron chi connectivity index (χ4n) is 1.22. The van der Waals surface area contributed by atoms with Crippen molar-refractivity contribution in [1.29, 1.82) is 0 Å². The van der Waals surface area contributed by atoms with Crippen molar-refractivity contribution in [2.24, 2.45) is 0 Å². The van der Waals surface area contributed by atoms with Crippen LogP contribution in [0.5, 0.6) is 5.75 Å². The first-order chi connectivity index (χ1) is 6.20. The van der Waals surface area contributed by atoms with Crippen molar-refractivity contribution in [3.05, 3.63) is 30.0 Å². The molecule has 0 saturated heterocycles. The Bertz CT molecular complexity index is 475. The molecule has 0 atom stereocenters. The van der Waals surface area contributed by atoms with Crippen molar-refractivity contribution in [3.8, 4) is 5.75 Å². The van der Waals surface area contributed by atoms with Crippen LogP contribution in [0.4, 0.5) is 0 Å². The van der Waals surface area contributed by atoms with Gasteiger partial charge in [0, 0.05) is 5.56 Å². The third kappa shape index (κ3) is 1.64. The standard InChI is InChI=1S/C9H6O4.Na/c10-6-2-1-3-7-8(6)5(4-13-7)9(11)12;/h1-4,10H,(H,11,12);/q;+1/p-1. The van der Waals surface area contributed by atoms with E-state index in [1.54, 1.807) is 12.1 Å². The average Bonchev–Trinajstić information content (AvgIpc) is 2.49. The van der Waals surface area contributed by atoms with Gasteiger partial charge in [0.05, 0.1) is 11.4 Å². The summed E-state index contributed by atoms with van der Waals surface area (Å²) in [5.74, 6) is -1.48. The van der Waals surface area contributed by atoms with Gasteiger partial charge in [-0.2, -0.15) is 0 Å². The molecule has 0 aliphatic carbocycles. The van der Waals surface area contributed by atoms with E-state index in [1.807, 2.05) is 0 Å².